The highest BCUT2D eigenvalue weighted by Gasteiger charge is 2.20. The summed E-state index contributed by atoms with van der Waals surface area (Å²) in [5.74, 6) is 1.41. The molecule has 0 saturated heterocycles. The van der Waals surface area contributed by atoms with Gasteiger partial charge in [0.05, 0.1) is 0 Å². The van der Waals surface area contributed by atoms with Gasteiger partial charge < -0.3 is 10.6 Å². The number of hydrogen-bond acceptors (Lipinski definition) is 4. The highest BCUT2D eigenvalue weighted by Crippen LogP contribution is 2.27. The van der Waals surface area contributed by atoms with Crippen molar-refractivity contribution in [2.45, 2.75) is 19.3 Å². The van der Waals surface area contributed by atoms with Gasteiger partial charge in [0.2, 0.25) is 5.95 Å². The van der Waals surface area contributed by atoms with Crippen molar-refractivity contribution < 1.29 is 0 Å². The van der Waals surface area contributed by atoms with Gasteiger partial charge >= 0.3 is 0 Å². The molecule has 0 aliphatic heterocycles. The number of nitrogens with zero attached hydrogens (tertiary/aromatic N) is 3. The molecule has 0 spiro atoms. The van der Waals surface area contributed by atoms with Crippen LogP contribution in [0.5, 0.6) is 0 Å². The van der Waals surface area contributed by atoms with Gasteiger partial charge in [0.1, 0.15) is 11.5 Å². The Hall–Kier alpha value is -1.65. The van der Waals surface area contributed by atoms with Crippen LogP contribution in [0.1, 0.15) is 25.0 Å². The molecule has 0 amide bonds. The van der Waals surface area contributed by atoms with E-state index in [1.807, 2.05) is 11.9 Å². The average Bonchev–Trinajstić information content (AvgIpc) is 2.23. The third-order valence-corrected chi connectivity index (χ3v) is 3.02. The first-order chi connectivity index (χ1) is 7.66. The minimum atomic E-state index is -0.0132. The highest BCUT2D eigenvalue weighted by molar-refractivity contribution is 5.93. The molecule has 0 radical (unpaired) electrons. The first-order valence-electron chi connectivity index (χ1n) is 5.55. The van der Waals surface area contributed by atoms with Crippen molar-refractivity contribution in [2.24, 2.45) is 11.7 Å². The monoisotopic (exact) mass is 219 g/mol. The molecule has 1 heterocycles. The predicted molar refractivity (Wildman–Crippen MR) is 63.7 cm³/mol. The van der Waals surface area contributed by atoms with Gasteiger partial charge in [-0.25, -0.2) is 9.97 Å². The molecule has 0 aromatic carbocycles. The second-order valence-electron chi connectivity index (χ2n) is 4.33. The summed E-state index contributed by atoms with van der Waals surface area (Å²) in [6.07, 6.45) is 5.59. The van der Waals surface area contributed by atoms with E-state index in [0.29, 0.717) is 11.6 Å². The molecule has 0 bridgehead atoms. The Morgan fingerprint density at radius 3 is 2.94 bits per heavy atom. The van der Waals surface area contributed by atoms with Crippen LogP contribution in [0, 0.1) is 11.3 Å². The molecule has 0 atom stereocenters. The van der Waals surface area contributed by atoms with E-state index in [1.165, 1.54) is 19.3 Å². The van der Waals surface area contributed by atoms with Gasteiger partial charge in [-0.2, -0.15) is 0 Å². The first-order valence-corrected chi connectivity index (χ1v) is 5.55. The molecule has 3 N–H and O–H groups in total. The molecule has 1 aromatic heterocycles. The molecule has 16 heavy (non-hydrogen) atoms. The smallest absolute Gasteiger partial charge is 0.225 e. The van der Waals surface area contributed by atoms with Crippen LogP contribution >= 0.6 is 0 Å². The zero-order chi connectivity index (χ0) is 11.5. The Kier molecular flexibility index (Phi) is 3.03. The van der Waals surface area contributed by atoms with Crippen LogP contribution in [0.2, 0.25) is 0 Å². The van der Waals surface area contributed by atoms with E-state index in [-0.39, 0.29) is 5.84 Å². The number of nitrogen functional groups attached to an aromatic ring is 1. The second-order valence-corrected chi connectivity index (χ2v) is 4.33. The Morgan fingerprint density at radius 1 is 1.62 bits per heavy atom. The molecule has 5 nitrogen and oxygen atoms in total. The molecule has 1 fully saturated rings. The predicted octanol–water partition coefficient (Wildman–Crippen LogP) is 0.997. The van der Waals surface area contributed by atoms with Crippen molar-refractivity contribution >= 4 is 11.8 Å². The number of hydrogen-bond donors (Lipinski definition) is 2. The molecule has 86 valence electrons. The minimum Gasteiger partial charge on any atom is -0.382 e. The summed E-state index contributed by atoms with van der Waals surface area (Å²) in [4.78, 5) is 10.5. The lowest BCUT2D eigenvalue weighted by Crippen LogP contribution is -2.31. The molecule has 5 heteroatoms. The average molecular weight is 219 g/mol. The van der Waals surface area contributed by atoms with Gasteiger partial charge in [-0.3, -0.25) is 5.41 Å². The fourth-order valence-electron chi connectivity index (χ4n) is 1.83. The number of anilines is 1. The third-order valence-electron chi connectivity index (χ3n) is 3.02. The fraction of sp³-hybridized carbons (Fsp3) is 0.545. The lowest BCUT2D eigenvalue weighted by Gasteiger charge is -2.30. The van der Waals surface area contributed by atoms with Crippen molar-refractivity contribution in [3.05, 3.63) is 18.0 Å². The van der Waals surface area contributed by atoms with Crippen LogP contribution in [-0.2, 0) is 0 Å². The Labute approximate surface area is 95.2 Å². The number of rotatable bonds is 4. The van der Waals surface area contributed by atoms with Crippen molar-refractivity contribution in [1.29, 1.82) is 5.41 Å². The molecule has 1 aliphatic rings. The summed E-state index contributed by atoms with van der Waals surface area (Å²) in [7, 11) is 1.98. The standard InChI is InChI=1S/C11H17N5/c1-16(7-8-3-2-4-8)11-14-6-5-9(15-11)10(12)13/h5-6,8H,2-4,7H2,1H3,(H3,12,13). The highest BCUT2D eigenvalue weighted by atomic mass is 15.2. The van der Waals surface area contributed by atoms with E-state index in [4.69, 9.17) is 11.1 Å². The van der Waals surface area contributed by atoms with E-state index in [2.05, 4.69) is 9.97 Å². The first kappa shape index (κ1) is 10.9. The summed E-state index contributed by atoms with van der Waals surface area (Å²) in [5, 5.41) is 7.33. The number of amidine groups is 1. The molecular formula is C11H17N5. The number of nitrogens with two attached hydrogens (primary N) is 1. The quantitative estimate of drug-likeness (QED) is 0.585. The maximum atomic E-state index is 7.33. The van der Waals surface area contributed by atoms with Crippen molar-refractivity contribution in [2.75, 3.05) is 18.5 Å². The lowest BCUT2D eigenvalue weighted by atomic mass is 9.85. The molecule has 0 unspecified atom stereocenters. The fourth-order valence-corrected chi connectivity index (χ4v) is 1.83. The molecule has 2 rings (SSSR count). The summed E-state index contributed by atoms with van der Waals surface area (Å²) in [6, 6.07) is 1.66. The third kappa shape index (κ3) is 2.29. The van der Waals surface area contributed by atoms with Gasteiger partial charge in [0.15, 0.2) is 0 Å². The SMILES string of the molecule is CN(CC1CCC1)c1nccc(C(=N)N)n1. The molecule has 1 aromatic rings. The Morgan fingerprint density at radius 2 is 2.38 bits per heavy atom. The maximum absolute atomic E-state index is 7.33. The van der Waals surface area contributed by atoms with Gasteiger partial charge in [0.25, 0.3) is 0 Å². The Bertz CT molecular complexity index is 386. The van der Waals surface area contributed by atoms with Crippen LogP contribution < -0.4 is 10.6 Å². The lowest BCUT2D eigenvalue weighted by molar-refractivity contribution is 0.320. The zero-order valence-corrected chi connectivity index (χ0v) is 9.48. The van der Waals surface area contributed by atoms with E-state index in [0.717, 1.165) is 12.5 Å². The topological polar surface area (TPSA) is 78.9 Å². The number of nitrogens with one attached hydrogen (secondary N) is 1. The molecule has 1 saturated carbocycles. The summed E-state index contributed by atoms with van der Waals surface area (Å²) >= 11 is 0. The van der Waals surface area contributed by atoms with Crippen LogP contribution in [0.4, 0.5) is 5.95 Å². The zero-order valence-electron chi connectivity index (χ0n) is 9.48. The van der Waals surface area contributed by atoms with Gasteiger partial charge in [-0.15, -0.1) is 0 Å². The van der Waals surface area contributed by atoms with E-state index in [9.17, 15) is 0 Å². The summed E-state index contributed by atoms with van der Waals surface area (Å²) in [5.41, 5.74) is 5.89. The summed E-state index contributed by atoms with van der Waals surface area (Å²) in [6.45, 7) is 0.987. The van der Waals surface area contributed by atoms with Crippen LogP contribution in [0.3, 0.4) is 0 Å². The normalized spacial score (nSPS) is 15.6. The minimum absolute atomic E-state index is 0.0132. The largest absolute Gasteiger partial charge is 0.382 e. The van der Waals surface area contributed by atoms with Gasteiger partial charge in [-0.05, 0) is 24.8 Å². The molecular weight excluding hydrogens is 202 g/mol. The second kappa shape index (κ2) is 4.47. The van der Waals surface area contributed by atoms with Crippen LogP contribution in [0.25, 0.3) is 0 Å². The van der Waals surface area contributed by atoms with E-state index in [1.54, 1.807) is 12.3 Å². The van der Waals surface area contributed by atoms with Crippen LogP contribution in [-0.4, -0.2) is 29.4 Å². The van der Waals surface area contributed by atoms with E-state index >= 15 is 0 Å². The number of aromatic nitrogens is 2. The van der Waals surface area contributed by atoms with Crippen LogP contribution in [0.15, 0.2) is 12.3 Å². The van der Waals surface area contributed by atoms with Crippen molar-refractivity contribution in [1.82, 2.24) is 9.97 Å². The van der Waals surface area contributed by atoms with Gasteiger partial charge in [-0.1, -0.05) is 6.42 Å². The van der Waals surface area contributed by atoms with Gasteiger partial charge in [0, 0.05) is 19.8 Å². The van der Waals surface area contributed by atoms with Crippen molar-refractivity contribution in [3.8, 4) is 0 Å². The Balaban J connectivity index is 2.06. The van der Waals surface area contributed by atoms with Crippen molar-refractivity contribution in [3.63, 3.8) is 0 Å². The summed E-state index contributed by atoms with van der Waals surface area (Å²) < 4.78 is 0. The maximum Gasteiger partial charge on any atom is 0.225 e. The van der Waals surface area contributed by atoms with E-state index < -0.39 is 0 Å². The molecule has 1 aliphatic carbocycles.